The van der Waals surface area contributed by atoms with Crippen molar-refractivity contribution in [3.63, 3.8) is 0 Å². The van der Waals surface area contributed by atoms with Gasteiger partial charge in [-0.05, 0) is 18.6 Å². The molecule has 1 unspecified atom stereocenters. The van der Waals surface area contributed by atoms with Crippen LogP contribution in [0.4, 0.5) is 0 Å². The van der Waals surface area contributed by atoms with Crippen LogP contribution < -0.4 is 15.2 Å². The lowest BCUT2D eigenvalue weighted by atomic mass is 10.0. The molecule has 1 aliphatic rings. The van der Waals surface area contributed by atoms with Crippen molar-refractivity contribution >= 4 is 5.97 Å². The highest BCUT2D eigenvalue weighted by atomic mass is 16.5. The van der Waals surface area contributed by atoms with Crippen molar-refractivity contribution in [1.82, 2.24) is 0 Å². The molecule has 0 spiro atoms. The van der Waals surface area contributed by atoms with Crippen molar-refractivity contribution in [3.8, 4) is 17.2 Å². The maximum absolute atomic E-state index is 10.5. The predicted octanol–water partition coefficient (Wildman–Crippen LogP) is 1.42. The second kappa shape index (κ2) is 5.79. The molecule has 0 bridgehead atoms. The summed E-state index contributed by atoms with van der Waals surface area (Å²) in [5.41, 5.74) is 6.37. The van der Waals surface area contributed by atoms with E-state index in [9.17, 15) is 9.90 Å². The monoisotopic (exact) mass is 267 g/mol. The minimum atomic E-state index is -0.913. The standard InChI is InChI=1S/C13H17NO5/c14-9(3-5-11(15)16)8-2-4-10-13(12(8)17)19-7-1-6-18-10/h2,4,9,17H,1,3,5-7,14H2,(H,15,16). The lowest BCUT2D eigenvalue weighted by Crippen LogP contribution is -2.13. The van der Waals surface area contributed by atoms with Crippen LogP contribution in [-0.4, -0.2) is 29.4 Å². The van der Waals surface area contributed by atoms with E-state index >= 15 is 0 Å². The molecule has 1 aliphatic heterocycles. The minimum absolute atomic E-state index is 0.0466. The number of phenolic OH excluding ortho intramolecular Hbond substituents is 1. The lowest BCUT2D eigenvalue weighted by molar-refractivity contribution is -0.137. The zero-order chi connectivity index (χ0) is 13.8. The normalized spacial score (nSPS) is 15.6. The summed E-state index contributed by atoms with van der Waals surface area (Å²) in [4.78, 5) is 10.5. The van der Waals surface area contributed by atoms with E-state index in [1.54, 1.807) is 12.1 Å². The van der Waals surface area contributed by atoms with Crippen LogP contribution in [0.25, 0.3) is 0 Å². The molecule has 1 atom stereocenters. The van der Waals surface area contributed by atoms with Gasteiger partial charge in [0.2, 0.25) is 5.75 Å². The number of aliphatic carboxylic acids is 1. The molecule has 1 heterocycles. The van der Waals surface area contributed by atoms with Crippen LogP contribution in [0.5, 0.6) is 17.2 Å². The van der Waals surface area contributed by atoms with Gasteiger partial charge in [-0.2, -0.15) is 0 Å². The Morgan fingerprint density at radius 3 is 2.84 bits per heavy atom. The Bertz CT molecular complexity index is 474. The summed E-state index contributed by atoms with van der Waals surface area (Å²) in [6.07, 6.45) is 0.951. The van der Waals surface area contributed by atoms with Gasteiger partial charge in [-0.3, -0.25) is 4.79 Å². The van der Waals surface area contributed by atoms with Crippen molar-refractivity contribution in [3.05, 3.63) is 17.7 Å². The van der Waals surface area contributed by atoms with Gasteiger partial charge >= 0.3 is 5.97 Å². The summed E-state index contributed by atoms with van der Waals surface area (Å²) in [5, 5.41) is 18.8. The van der Waals surface area contributed by atoms with Crippen molar-refractivity contribution < 1.29 is 24.5 Å². The van der Waals surface area contributed by atoms with E-state index in [4.69, 9.17) is 20.3 Å². The Hall–Kier alpha value is -1.95. The van der Waals surface area contributed by atoms with Gasteiger partial charge in [0, 0.05) is 24.4 Å². The molecule has 0 fully saturated rings. The van der Waals surface area contributed by atoms with Gasteiger partial charge < -0.3 is 25.4 Å². The highest BCUT2D eigenvalue weighted by Gasteiger charge is 2.21. The topological polar surface area (TPSA) is 102 Å². The van der Waals surface area contributed by atoms with Crippen LogP contribution in [-0.2, 0) is 4.79 Å². The third-order valence-corrected chi connectivity index (χ3v) is 2.99. The fourth-order valence-corrected chi connectivity index (χ4v) is 1.97. The van der Waals surface area contributed by atoms with E-state index in [0.29, 0.717) is 30.3 Å². The Balaban J connectivity index is 2.22. The fourth-order valence-electron chi connectivity index (χ4n) is 1.97. The largest absolute Gasteiger partial charge is 0.504 e. The van der Waals surface area contributed by atoms with E-state index < -0.39 is 12.0 Å². The van der Waals surface area contributed by atoms with Crippen LogP contribution >= 0.6 is 0 Å². The number of hydrogen-bond acceptors (Lipinski definition) is 5. The SMILES string of the molecule is NC(CCC(=O)O)c1ccc2c(c1O)OCCCO2. The third kappa shape index (κ3) is 3.08. The van der Waals surface area contributed by atoms with E-state index in [2.05, 4.69) is 0 Å². The number of fused-ring (bicyclic) bond motifs is 1. The number of carbonyl (C=O) groups is 1. The van der Waals surface area contributed by atoms with Gasteiger partial charge in [0.15, 0.2) is 11.5 Å². The quantitative estimate of drug-likeness (QED) is 0.762. The number of rotatable bonds is 4. The van der Waals surface area contributed by atoms with Gasteiger partial charge in [0.05, 0.1) is 13.2 Å². The Morgan fingerprint density at radius 2 is 2.11 bits per heavy atom. The van der Waals surface area contributed by atoms with Gasteiger partial charge in [-0.15, -0.1) is 0 Å². The molecule has 4 N–H and O–H groups in total. The van der Waals surface area contributed by atoms with Gasteiger partial charge in [-0.25, -0.2) is 0 Å². The van der Waals surface area contributed by atoms with E-state index in [-0.39, 0.29) is 18.6 Å². The summed E-state index contributed by atoms with van der Waals surface area (Å²) in [6, 6.07) is 2.79. The average Bonchev–Trinajstić information content (AvgIpc) is 2.62. The molecule has 0 saturated carbocycles. The number of benzene rings is 1. The molecule has 0 amide bonds. The number of carboxylic acids is 1. The van der Waals surface area contributed by atoms with Crippen molar-refractivity contribution in [2.75, 3.05) is 13.2 Å². The molecular formula is C13H17NO5. The molecule has 0 radical (unpaired) electrons. The summed E-state index contributed by atoms with van der Waals surface area (Å²) in [6.45, 7) is 1.01. The first-order valence-electron chi connectivity index (χ1n) is 6.18. The smallest absolute Gasteiger partial charge is 0.303 e. The molecule has 0 aromatic heterocycles. The maximum Gasteiger partial charge on any atom is 0.303 e. The first-order chi connectivity index (χ1) is 9.09. The van der Waals surface area contributed by atoms with Crippen LogP contribution in [0.2, 0.25) is 0 Å². The van der Waals surface area contributed by atoms with Crippen molar-refractivity contribution in [2.24, 2.45) is 5.73 Å². The molecule has 0 saturated heterocycles. The Kier molecular flexibility index (Phi) is 4.11. The maximum atomic E-state index is 10.5. The first-order valence-corrected chi connectivity index (χ1v) is 6.18. The number of phenols is 1. The molecule has 19 heavy (non-hydrogen) atoms. The summed E-state index contributed by atoms with van der Waals surface area (Å²) >= 11 is 0. The third-order valence-electron chi connectivity index (χ3n) is 2.99. The molecule has 2 rings (SSSR count). The second-order valence-corrected chi connectivity index (χ2v) is 4.42. The number of ether oxygens (including phenoxy) is 2. The van der Waals surface area contributed by atoms with Gasteiger partial charge in [0.25, 0.3) is 0 Å². The molecule has 1 aromatic rings. The molecule has 1 aromatic carbocycles. The van der Waals surface area contributed by atoms with Crippen LogP contribution in [0.1, 0.15) is 30.9 Å². The minimum Gasteiger partial charge on any atom is -0.504 e. The lowest BCUT2D eigenvalue weighted by Gasteiger charge is -2.16. The summed E-state index contributed by atoms with van der Waals surface area (Å²) < 4.78 is 10.9. The average molecular weight is 267 g/mol. The predicted molar refractivity (Wildman–Crippen MR) is 67.5 cm³/mol. The zero-order valence-electron chi connectivity index (χ0n) is 10.5. The van der Waals surface area contributed by atoms with Crippen molar-refractivity contribution in [1.29, 1.82) is 0 Å². The molecule has 6 nitrogen and oxygen atoms in total. The molecular weight excluding hydrogens is 250 g/mol. The zero-order valence-corrected chi connectivity index (χ0v) is 10.5. The van der Waals surface area contributed by atoms with E-state index in [0.717, 1.165) is 6.42 Å². The van der Waals surface area contributed by atoms with E-state index in [1.165, 1.54) is 0 Å². The summed E-state index contributed by atoms with van der Waals surface area (Å²) in [5.74, 6) is -0.188. The number of hydrogen-bond donors (Lipinski definition) is 3. The molecule has 104 valence electrons. The Labute approximate surface area is 110 Å². The number of aromatic hydroxyl groups is 1. The van der Waals surface area contributed by atoms with Gasteiger partial charge in [-0.1, -0.05) is 0 Å². The van der Waals surface area contributed by atoms with E-state index in [1.807, 2.05) is 0 Å². The number of carboxylic acid groups (broad SMARTS) is 1. The van der Waals surface area contributed by atoms with Crippen molar-refractivity contribution in [2.45, 2.75) is 25.3 Å². The highest BCUT2D eigenvalue weighted by Crippen LogP contribution is 2.42. The van der Waals surface area contributed by atoms with Crippen LogP contribution in [0.3, 0.4) is 0 Å². The second-order valence-electron chi connectivity index (χ2n) is 4.42. The Morgan fingerprint density at radius 1 is 1.37 bits per heavy atom. The van der Waals surface area contributed by atoms with Gasteiger partial charge in [0.1, 0.15) is 0 Å². The highest BCUT2D eigenvalue weighted by molar-refractivity contribution is 5.66. The molecule has 6 heteroatoms. The first kappa shape index (κ1) is 13.5. The van der Waals surface area contributed by atoms with Crippen LogP contribution in [0.15, 0.2) is 12.1 Å². The number of nitrogens with two attached hydrogens (primary N) is 1. The summed E-state index contributed by atoms with van der Waals surface area (Å²) in [7, 11) is 0. The fraction of sp³-hybridized carbons (Fsp3) is 0.462. The van der Waals surface area contributed by atoms with Crippen LogP contribution in [0, 0.1) is 0 Å². The molecule has 0 aliphatic carbocycles.